The van der Waals surface area contributed by atoms with Crippen LogP contribution in [0.1, 0.15) is 0 Å². The lowest BCUT2D eigenvalue weighted by molar-refractivity contribution is 1.18. The fourth-order valence-electron chi connectivity index (χ4n) is 7.08. The zero-order valence-electron chi connectivity index (χ0n) is 28.4. The molecule has 0 amide bonds. The van der Waals surface area contributed by atoms with Gasteiger partial charge in [0.1, 0.15) is 11.0 Å². The second kappa shape index (κ2) is 13.0. The van der Waals surface area contributed by atoms with Crippen LogP contribution in [0.15, 0.2) is 176 Å². The third-order valence-corrected chi connectivity index (χ3v) is 10.3. The number of rotatable bonds is 6. The predicted octanol–water partition coefficient (Wildman–Crippen LogP) is 12.2. The standard InChI is InChI=1S/C47H29N5S/c1-3-9-30(10-4-1)32-15-19-34(20-16-32)42-29-43(50-47(49-42)37-25-17-33(18-26-37)31-11-5-2-6-12-31)35-21-23-36(24-22-35)45-39-27-28-41-46(52-53-51-41)44(39)38-13-7-8-14-40(38)48-45/h1-29H. The van der Waals surface area contributed by atoms with E-state index in [1.165, 1.54) is 22.9 Å². The predicted molar refractivity (Wildman–Crippen MR) is 218 cm³/mol. The molecule has 0 radical (unpaired) electrons. The summed E-state index contributed by atoms with van der Waals surface area (Å²) in [5.74, 6) is 0.677. The van der Waals surface area contributed by atoms with E-state index in [-0.39, 0.29) is 0 Å². The molecule has 10 aromatic rings. The van der Waals surface area contributed by atoms with Crippen LogP contribution in [0.2, 0.25) is 0 Å². The van der Waals surface area contributed by atoms with Gasteiger partial charge < -0.3 is 0 Å². The summed E-state index contributed by atoms with van der Waals surface area (Å²) in [6.45, 7) is 0. The Hall–Kier alpha value is -6.89. The van der Waals surface area contributed by atoms with Crippen LogP contribution in [0.25, 0.3) is 100 Å². The van der Waals surface area contributed by atoms with Crippen LogP contribution in [0, 0.1) is 0 Å². The number of fused-ring (bicyclic) bond motifs is 5. The van der Waals surface area contributed by atoms with Crippen molar-refractivity contribution in [1.29, 1.82) is 0 Å². The van der Waals surface area contributed by atoms with E-state index < -0.39 is 0 Å². The van der Waals surface area contributed by atoms with Crippen LogP contribution in [-0.2, 0) is 0 Å². The lowest BCUT2D eigenvalue weighted by Crippen LogP contribution is -1.96. The number of hydrogen-bond acceptors (Lipinski definition) is 6. The van der Waals surface area contributed by atoms with Gasteiger partial charge in [-0.1, -0.05) is 152 Å². The van der Waals surface area contributed by atoms with E-state index in [4.69, 9.17) is 15.0 Å². The van der Waals surface area contributed by atoms with Gasteiger partial charge in [-0.25, -0.2) is 15.0 Å². The molecule has 5 nitrogen and oxygen atoms in total. The minimum atomic E-state index is 0.677. The van der Waals surface area contributed by atoms with Crippen molar-refractivity contribution in [3.63, 3.8) is 0 Å². The summed E-state index contributed by atoms with van der Waals surface area (Å²) >= 11 is 1.24. The molecular weight excluding hydrogens is 667 g/mol. The van der Waals surface area contributed by atoms with Crippen LogP contribution in [0.4, 0.5) is 0 Å². The largest absolute Gasteiger partial charge is 0.247 e. The van der Waals surface area contributed by atoms with E-state index >= 15 is 0 Å². The molecule has 0 N–H and O–H groups in total. The van der Waals surface area contributed by atoms with E-state index in [9.17, 15) is 0 Å². The minimum Gasteiger partial charge on any atom is -0.247 e. The smallest absolute Gasteiger partial charge is 0.160 e. The molecule has 0 aliphatic carbocycles. The first-order valence-corrected chi connectivity index (χ1v) is 18.2. The van der Waals surface area contributed by atoms with Gasteiger partial charge in [-0.3, -0.25) is 0 Å². The molecule has 10 rings (SSSR count). The Kier molecular flexibility index (Phi) is 7.59. The quantitative estimate of drug-likeness (QED) is 0.162. The van der Waals surface area contributed by atoms with Crippen molar-refractivity contribution < 1.29 is 0 Å². The van der Waals surface area contributed by atoms with Crippen molar-refractivity contribution in [3.05, 3.63) is 176 Å². The first-order chi connectivity index (χ1) is 26.2. The van der Waals surface area contributed by atoms with E-state index in [1.807, 2.05) is 24.3 Å². The third-order valence-electron chi connectivity index (χ3n) is 9.81. The van der Waals surface area contributed by atoms with Gasteiger partial charge in [0.2, 0.25) is 0 Å². The number of hydrogen-bond donors (Lipinski definition) is 0. The molecule has 0 aliphatic rings. The van der Waals surface area contributed by atoms with Gasteiger partial charge in [0.25, 0.3) is 0 Å². The average Bonchev–Trinajstić information content (AvgIpc) is 3.74. The van der Waals surface area contributed by atoms with Crippen molar-refractivity contribution >= 4 is 44.4 Å². The van der Waals surface area contributed by atoms with Gasteiger partial charge in [-0.05, 0) is 46.5 Å². The summed E-state index contributed by atoms with van der Waals surface area (Å²) in [5, 5.41) is 3.22. The van der Waals surface area contributed by atoms with Gasteiger partial charge >= 0.3 is 0 Å². The molecule has 0 aliphatic heterocycles. The van der Waals surface area contributed by atoms with Crippen LogP contribution >= 0.6 is 11.7 Å². The van der Waals surface area contributed by atoms with Gasteiger partial charge in [-0.2, -0.15) is 8.75 Å². The maximum Gasteiger partial charge on any atom is 0.160 e. The van der Waals surface area contributed by atoms with Crippen LogP contribution < -0.4 is 0 Å². The number of aromatic nitrogens is 5. The monoisotopic (exact) mass is 695 g/mol. The van der Waals surface area contributed by atoms with Crippen molar-refractivity contribution in [2.45, 2.75) is 0 Å². The summed E-state index contributed by atoms with van der Waals surface area (Å²) < 4.78 is 9.20. The highest BCUT2D eigenvalue weighted by molar-refractivity contribution is 7.00. The van der Waals surface area contributed by atoms with Crippen molar-refractivity contribution in [2.24, 2.45) is 0 Å². The Morgan fingerprint density at radius 2 is 0.849 bits per heavy atom. The highest BCUT2D eigenvalue weighted by Gasteiger charge is 2.16. The fourth-order valence-corrected chi connectivity index (χ4v) is 7.62. The molecule has 0 saturated carbocycles. The fraction of sp³-hybridized carbons (Fsp3) is 0. The lowest BCUT2D eigenvalue weighted by Gasteiger charge is -2.12. The molecular formula is C47H29N5S. The molecule has 0 fully saturated rings. The molecule has 53 heavy (non-hydrogen) atoms. The Balaban J connectivity index is 1.07. The van der Waals surface area contributed by atoms with Crippen molar-refractivity contribution in [1.82, 2.24) is 23.7 Å². The number of nitrogens with zero attached hydrogens (tertiary/aromatic N) is 5. The molecule has 7 aromatic carbocycles. The zero-order chi connectivity index (χ0) is 35.1. The third kappa shape index (κ3) is 5.72. The molecule has 248 valence electrons. The average molecular weight is 696 g/mol. The Morgan fingerprint density at radius 3 is 1.47 bits per heavy atom. The first-order valence-electron chi connectivity index (χ1n) is 17.5. The van der Waals surface area contributed by atoms with Gasteiger partial charge in [0.15, 0.2) is 5.82 Å². The highest BCUT2D eigenvalue weighted by atomic mass is 32.1. The molecule has 3 heterocycles. The zero-order valence-corrected chi connectivity index (χ0v) is 29.2. The van der Waals surface area contributed by atoms with Crippen LogP contribution in [0.3, 0.4) is 0 Å². The first kappa shape index (κ1) is 30.9. The van der Waals surface area contributed by atoms with E-state index in [0.29, 0.717) is 5.82 Å². The maximum atomic E-state index is 5.16. The number of pyridine rings is 1. The van der Waals surface area contributed by atoms with Crippen molar-refractivity contribution in [2.75, 3.05) is 0 Å². The molecule has 0 unspecified atom stereocenters. The Labute approximate surface area is 310 Å². The van der Waals surface area contributed by atoms with E-state index in [0.717, 1.165) is 83.2 Å². The lowest BCUT2D eigenvalue weighted by atomic mass is 9.97. The molecule has 0 bridgehead atoms. The van der Waals surface area contributed by atoms with Gasteiger partial charge in [-0.15, -0.1) is 0 Å². The number of para-hydroxylation sites is 1. The van der Waals surface area contributed by atoms with Crippen LogP contribution in [-0.4, -0.2) is 23.7 Å². The summed E-state index contributed by atoms with van der Waals surface area (Å²) in [7, 11) is 0. The Morgan fingerprint density at radius 1 is 0.340 bits per heavy atom. The normalized spacial score (nSPS) is 11.4. The molecule has 0 atom stereocenters. The minimum absolute atomic E-state index is 0.677. The van der Waals surface area contributed by atoms with Crippen molar-refractivity contribution in [3.8, 4) is 67.4 Å². The summed E-state index contributed by atoms with van der Waals surface area (Å²) in [6, 6.07) is 61.0. The second-order valence-electron chi connectivity index (χ2n) is 13.0. The highest BCUT2D eigenvalue weighted by Crippen LogP contribution is 2.37. The topological polar surface area (TPSA) is 64.5 Å². The summed E-state index contributed by atoms with van der Waals surface area (Å²) in [6.07, 6.45) is 0. The second-order valence-corrected chi connectivity index (χ2v) is 13.6. The van der Waals surface area contributed by atoms with Gasteiger partial charge in [0.05, 0.1) is 34.3 Å². The summed E-state index contributed by atoms with van der Waals surface area (Å²) in [5.41, 5.74) is 14.1. The summed E-state index contributed by atoms with van der Waals surface area (Å²) in [4.78, 5) is 15.4. The number of benzene rings is 7. The van der Waals surface area contributed by atoms with E-state index in [1.54, 1.807) is 0 Å². The molecule has 3 aromatic heterocycles. The molecule has 6 heteroatoms. The maximum absolute atomic E-state index is 5.16. The van der Waals surface area contributed by atoms with Gasteiger partial charge in [0, 0.05) is 38.4 Å². The molecule has 0 saturated heterocycles. The Bertz CT molecular complexity index is 2800. The van der Waals surface area contributed by atoms with E-state index in [2.05, 4.69) is 160 Å². The molecule has 0 spiro atoms. The van der Waals surface area contributed by atoms with Crippen LogP contribution in [0.5, 0.6) is 0 Å². The SMILES string of the molecule is c1ccc(-c2ccc(-c3cc(-c4ccc(-c5nc6ccccc6c6c5ccc5nsnc56)cc4)nc(-c4ccc(-c5ccccc5)cc4)n3)cc2)cc1.